The molecule has 0 aliphatic rings. The molecule has 1 amide bonds. The van der Waals surface area contributed by atoms with Gasteiger partial charge >= 0.3 is 10.1 Å². The first kappa shape index (κ1) is 23.5. The van der Waals surface area contributed by atoms with Crippen molar-refractivity contribution in [3.05, 3.63) is 95.3 Å². The minimum atomic E-state index is -4.11. The molecule has 168 valence electrons. The Kier molecular flexibility index (Phi) is 7.30. The molecule has 0 aliphatic carbocycles. The molecule has 7 heteroatoms. The fraction of sp³-hybridized carbons (Fsp3) is 0.240. The van der Waals surface area contributed by atoms with E-state index in [1.165, 1.54) is 6.07 Å². The maximum absolute atomic E-state index is 13.2. The van der Waals surface area contributed by atoms with Crippen molar-refractivity contribution in [1.82, 2.24) is 4.90 Å². The number of nitrogens with zero attached hydrogens (tertiary/aromatic N) is 1. The van der Waals surface area contributed by atoms with Gasteiger partial charge in [-0.05, 0) is 74.4 Å². The van der Waals surface area contributed by atoms with Crippen LogP contribution >= 0.6 is 0 Å². The topological polar surface area (TPSA) is 63.7 Å². The monoisotopic (exact) mass is 455 g/mol. The van der Waals surface area contributed by atoms with Crippen molar-refractivity contribution in [3.63, 3.8) is 0 Å². The van der Waals surface area contributed by atoms with Gasteiger partial charge in [0.25, 0.3) is 5.91 Å². The van der Waals surface area contributed by atoms with Gasteiger partial charge in [-0.25, -0.2) is 4.39 Å². The Morgan fingerprint density at radius 3 is 2.31 bits per heavy atom. The third-order valence-corrected chi connectivity index (χ3v) is 6.50. The number of halogens is 1. The van der Waals surface area contributed by atoms with Gasteiger partial charge in [-0.3, -0.25) is 4.79 Å². The van der Waals surface area contributed by atoms with Gasteiger partial charge in [0.15, 0.2) is 0 Å². The predicted octanol–water partition coefficient (Wildman–Crippen LogP) is 5.34. The summed E-state index contributed by atoms with van der Waals surface area (Å²) in [5.41, 5.74) is 2.41. The average Bonchev–Trinajstić information content (AvgIpc) is 2.77. The molecule has 3 aromatic rings. The van der Waals surface area contributed by atoms with E-state index >= 15 is 0 Å². The zero-order chi connectivity index (χ0) is 23.3. The van der Waals surface area contributed by atoms with Crippen LogP contribution < -0.4 is 4.18 Å². The van der Waals surface area contributed by atoms with Gasteiger partial charge in [0, 0.05) is 18.2 Å². The van der Waals surface area contributed by atoms with E-state index in [4.69, 9.17) is 4.18 Å². The van der Waals surface area contributed by atoms with Crippen molar-refractivity contribution < 1.29 is 21.8 Å². The van der Waals surface area contributed by atoms with Crippen LogP contribution in [0.1, 0.15) is 41.8 Å². The number of amides is 1. The summed E-state index contributed by atoms with van der Waals surface area (Å²) in [6.45, 7) is 6.25. The van der Waals surface area contributed by atoms with Crippen LogP contribution in [0.15, 0.2) is 77.7 Å². The lowest BCUT2D eigenvalue weighted by atomic mass is 10.1. The Hall–Kier alpha value is -3.19. The zero-order valence-electron chi connectivity index (χ0n) is 18.3. The fourth-order valence-electron chi connectivity index (χ4n) is 3.18. The number of hydrogen-bond acceptors (Lipinski definition) is 4. The summed E-state index contributed by atoms with van der Waals surface area (Å²) in [5, 5.41) is 0. The molecule has 0 bridgehead atoms. The summed E-state index contributed by atoms with van der Waals surface area (Å²) < 4.78 is 43.4. The molecule has 1 atom stereocenters. The van der Waals surface area contributed by atoms with Crippen LogP contribution in [0.5, 0.6) is 5.75 Å². The van der Waals surface area contributed by atoms with Gasteiger partial charge in [-0.1, -0.05) is 36.8 Å². The van der Waals surface area contributed by atoms with Crippen LogP contribution in [0, 0.1) is 12.7 Å². The molecule has 3 rings (SSSR count). The van der Waals surface area contributed by atoms with Crippen molar-refractivity contribution >= 4 is 16.0 Å². The van der Waals surface area contributed by atoms with E-state index in [1.807, 2.05) is 51.1 Å². The normalized spacial score (nSPS) is 12.2. The minimum absolute atomic E-state index is 0.0173. The summed E-state index contributed by atoms with van der Waals surface area (Å²) in [6.07, 6.45) is 0.771. The molecule has 0 spiro atoms. The minimum Gasteiger partial charge on any atom is -0.379 e. The molecule has 1 unspecified atom stereocenters. The Morgan fingerprint density at radius 1 is 1.03 bits per heavy atom. The highest BCUT2D eigenvalue weighted by Crippen LogP contribution is 2.22. The molecule has 0 N–H and O–H groups in total. The molecule has 0 heterocycles. The van der Waals surface area contributed by atoms with Gasteiger partial charge in [-0.2, -0.15) is 8.42 Å². The van der Waals surface area contributed by atoms with Gasteiger partial charge in [0.1, 0.15) is 16.5 Å². The Bertz CT molecular complexity index is 1180. The highest BCUT2D eigenvalue weighted by Gasteiger charge is 2.22. The first-order valence-electron chi connectivity index (χ1n) is 10.4. The third kappa shape index (κ3) is 5.73. The van der Waals surface area contributed by atoms with Crippen molar-refractivity contribution in [1.29, 1.82) is 0 Å². The van der Waals surface area contributed by atoms with Gasteiger partial charge < -0.3 is 9.08 Å². The van der Waals surface area contributed by atoms with Crippen LogP contribution in [0.2, 0.25) is 0 Å². The largest absolute Gasteiger partial charge is 0.379 e. The standard InChI is InChI=1S/C25H26FNO4S/c1-4-19(3)27(25(28)21-10-8-18(2)9-11-21)17-20-6-5-7-23(16-20)31-32(29,30)24-14-12-22(26)13-15-24/h5-16,19H,4,17H2,1-3H3. The smallest absolute Gasteiger partial charge is 0.339 e. The van der Waals surface area contributed by atoms with Crippen molar-refractivity contribution in [3.8, 4) is 5.75 Å². The molecule has 0 saturated heterocycles. The summed E-state index contributed by atoms with van der Waals surface area (Å²) in [7, 11) is -4.11. The van der Waals surface area contributed by atoms with E-state index in [0.29, 0.717) is 12.1 Å². The molecular formula is C25H26FNO4S. The van der Waals surface area contributed by atoms with E-state index in [2.05, 4.69) is 0 Å². The zero-order valence-corrected chi connectivity index (χ0v) is 19.1. The number of carbonyl (C=O) groups is 1. The highest BCUT2D eigenvalue weighted by molar-refractivity contribution is 7.87. The number of hydrogen-bond donors (Lipinski definition) is 0. The van der Waals surface area contributed by atoms with Gasteiger partial charge in [-0.15, -0.1) is 0 Å². The first-order valence-corrected chi connectivity index (χ1v) is 11.8. The van der Waals surface area contributed by atoms with E-state index in [-0.39, 0.29) is 22.6 Å². The molecule has 0 fully saturated rings. The van der Waals surface area contributed by atoms with E-state index in [9.17, 15) is 17.6 Å². The maximum Gasteiger partial charge on any atom is 0.339 e. The lowest BCUT2D eigenvalue weighted by Crippen LogP contribution is -2.37. The average molecular weight is 456 g/mol. The molecule has 0 aliphatic heterocycles. The molecule has 0 aromatic heterocycles. The lowest BCUT2D eigenvalue weighted by molar-refractivity contribution is 0.0671. The fourth-order valence-corrected chi connectivity index (χ4v) is 4.10. The Labute approximate surface area is 188 Å². The summed E-state index contributed by atoms with van der Waals surface area (Å²) >= 11 is 0. The van der Waals surface area contributed by atoms with E-state index in [0.717, 1.165) is 41.8 Å². The quantitative estimate of drug-likeness (QED) is 0.430. The van der Waals surface area contributed by atoms with Crippen LogP contribution in [0.3, 0.4) is 0 Å². The summed E-state index contributed by atoms with van der Waals surface area (Å²) in [5.74, 6) is -0.502. The molecule has 5 nitrogen and oxygen atoms in total. The second kappa shape index (κ2) is 9.96. The Balaban J connectivity index is 1.82. The van der Waals surface area contributed by atoms with Crippen LogP contribution in [0.25, 0.3) is 0 Å². The first-order chi connectivity index (χ1) is 15.2. The molecule has 0 saturated carbocycles. The summed E-state index contributed by atoms with van der Waals surface area (Å²) in [6, 6.07) is 18.4. The van der Waals surface area contributed by atoms with Gasteiger partial charge in [0.05, 0.1) is 0 Å². The number of benzene rings is 3. The van der Waals surface area contributed by atoms with Crippen molar-refractivity contribution in [2.24, 2.45) is 0 Å². The Morgan fingerprint density at radius 2 is 1.69 bits per heavy atom. The summed E-state index contributed by atoms with van der Waals surface area (Å²) in [4.78, 5) is 14.8. The predicted molar refractivity (Wildman–Crippen MR) is 121 cm³/mol. The van der Waals surface area contributed by atoms with Crippen LogP contribution in [-0.4, -0.2) is 25.3 Å². The third-order valence-electron chi connectivity index (χ3n) is 5.24. The highest BCUT2D eigenvalue weighted by atomic mass is 32.2. The van der Waals surface area contributed by atoms with Crippen molar-refractivity contribution in [2.75, 3.05) is 0 Å². The number of aryl methyl sites for hydroxylation is 1. The van der Waals surface area contributed by atoms with E-state index in [1.54, 1.807) is 17.0 Å². The second-order valence-corrected chi connectivity index (χ2v) is 9.24. The lowest BCUT2D eigenvalue weighted by Gasteiger charge is -2.29. The molecule has 3 aromatic carbocycles. The SMILES string of the molecule is CCC(C)N(Cc1cccc(OS(=O)(=O)c2ccc(F)cc2)c1)C(=O)c1ccc(C)cc1. The van der Waals surface area contributed by atoms with Crippen LogP contribution in [0.4, 0.5) is 4.39 Å². The molecule has 0 radical (unpaired) electrons. The van der Waals surface area contributed by atoms with Crippen molar-refractivity contribution in [2.45, 2.75) is 44.7 Å². The maximum atomic E-state index is 13.2. The number of carbonyl (C=O) groups excluding carboxylic acids is 1. The molecule has 32 heavy (non-hydrogen) atoms. The van der Waals surface area contributed by atoms with Gasteiger partial charge in [0.2, 0.25) is 0 Å². The van der Waals surface area contributed by atoms with Crippen LogP contribution in [-0.2, 0) is 16.7 Å². The second-order valence-electron chi connectivity index (χ2n) is 7.70. The number of rotatable bonds is 8. The molecular weight excluding hydrogens is 429 g/mol. The van der Waals surface area contributed by atoms with E-state index < -0.39 is 15.9 Å².